The molecule has 11 heavy (non-hydrogen) atoms. The second-order valence-electron chi connectivity index (χ2n) is 3.38. The molecule has 1 unspecified atom stereocenters. The molecule has 3 heteroatoms. The fraction of sp³-hybridized carbons (Fsp3) is 1.00. The number of nitroso groups, excluding NO2 is 1. The molecule has 0 heterocycles. The van der Waals surface area contributed by atoms with Crippen molar-refractivity contribution >= 4 is 11.6 Å². The van der Waals surface area contributed by atoms with E-state index in [2.05, 4.69) is 5.18 Å². The number of nitrogens with zero attached hydrogens (tertiary/aromatic N) is 1. The van der Waals surface area contributed by atoms with Crippen LogP contribution in [-0.4, -0.2) is 10.9 Å². The Morgan fingerprint density at radius 3 is 2.36 bits per heavy atom. The molecule has 0 radical (unpaired) electrons. The SMILES string of the molecule is CC(N=O)C1(Cl)CCCCC1. The molecule has 64 valence electrons. The van der Waals surface area contributed by atoms with Crippen molar-refractivity contribution in [3.05, 3.63) is 4.91 Å². The molecule has 1 atom stereocenters. The van der Waals surface area contributed by atoms with Crippen LogP contribution >= 0.6 is 11.6 Å². The van der Waals surface area contributed by atoms with Crippen LogP contribution in [0.5, 0.6) is 0 Å². The Labute approximate surface area is 72.3 Å². The van der Waals surface area contributed by atoms with Gasteiger partial charge in [0.15, 0.2) is 0 Å². The first-order chi connectivity index (χ1) is 5.19. The van der Waals surface area contributed by atoms with E-state index in [0.29, 0.717) is 0 Å². The van der Waals surface area contributed by atoms with Gasteiger partial charge in [-0.3, -0.25) is 0 Å². The molecule has 1 aliphatic carbocycles. The van der Waals surface area contributed by atoms with Crippen LogP contribution in [0.3, 0.4) is 0 Å². The zero-order chi connectivity index (χ0) is 8.32. The van der Waals surface area contributed by atoms with Crippen LogP contribution in [-0.2, 0) is 0 Å². The van der Waals surface area contributed by atoms with Gasteiger partial charge in [0.25, 0.3) is 0 Å². The molecule has 1 aliphatic rings. The van der Waals surface area contributed by atoms with Gasteiger partial charge in [0.2, 0.25) is 0 Å². The number of halogens is 1. The van der Waals surface area contributed by atoms with E-state index in [9.17, 15) is 4.91 Å². The zero-order valence-electron chi connectivity index (χ0n) is 6.85. The summed E-state index contributed by atoms with van der Waals surface area (Å²) in [5, 5.41) is 3.00. The summed E-state index contributed by atoms with van der Waals surface area (Å²) in [7, 11) is 0. The predicted molar refractivity (Wildman–Crippen MR) is 46.9 cm³/mol. The number of hydrogen-bond donors (Lipinski definition) is 0. The third kappa shape index (κ3) is 1.92. The molecule has 0 aliphatic heterocycles. The first kappa shape index (κ1) is 8.98. The third-order valence-electron chi connectivity index (χ3n) is 2.59. The molecule has 0 saturated heterocycles. The molecular weight excluding hydrogens is 162 g/mol. The summed E-state index contributed by atoms with van der Waals surface area (Å²) >= 11 is 6.23. The highest BCUT2D eigenvalue weighted by Gasteiger charge is 2.36. The van der Waals surface area contributed by atoms with E-state index < -0.39 is 0 Å². The van der Waals surface area contributed by atoms with E-state index >= 15 is 0 Å². The van der Waals surface area contributed by atoms with Crippen molar-refractivity contribution in [2.75, 3.05) is 0 Å². The van der Waals surface area contributed by atoms with Gasteiger partial charge < -0.3 is 0 Å². The Bertz CT molecular complexity index is 143. The molecule has 0 spiro atoms. The van der Waals surface area contributed by atoms with E-state index in [1.807, 2.05) is 6.92 Å². The van der Waals surface area contributed by atoms with Gasteiger partial charge in [0.1, 0.15) is 6.04 Å². The van der Waals surface area contributed by atoms with Crippen molar-refractivity contribution in [3.8, 4) is 0 Å². The van der Waals surface area contributed by atoms with Gasteiger partial charge in [0.05, 0.1) is 4.87 Å². The predicted octanol–water partition coefficient (Wildman–Crippen LogP) is 3.08. The topological polar surface area (TPSA) is 29.4 Å². The summed E-state index contributed by atoms with van der Waals surface area (Å²) < 4.78 is 0. The van der Waals surface area contributed by atoms with Crippen LogP contribution in [0.2, 0.25) is 0 Å². The van der Waals surface area contributed by atoms with E-state index in [0.717, 1.165) is 25.7 Å². The third-order valence-corrected chi connectivity index (χ3v) is 3.29. The van der Waals surface area contributed by atoms with E-state index in [1.54, 1.807) is 0 Å². The summed E-state index contributed by atoms with van der Waals surface area (Å²) in [4.78, 5) is 9.96. The summed E-state index contributed by atoms with van der Waals surface area (Å²) in [5.74, 6) is 0. The van der Waals surface area contributed by atoms with Gasteiger partial charge >= 0.3 is 0 Å². The molecule has 1 rings (SSSR count). The quantitative estimate of drug-likeness (QED) is 0.469. The molecule has 0 aromatic heterocycles. The monoisotopic (exact) mass is 175 g/mol. The van der Waals surface area contributed by atoms with E-state index in [4.69, 9.17) is 11.6 Å². The minimum atomic E-state index is -0.319. The second-order valence-corrected chi connectivity index (χ2v) is 4.13. The zero-order valence-corrected chi connectivity index (χ0v) is 7.60. The molecule has 0 amide bonds. The van der Waals surface area contributed by atoms with Gasteiger partial charge in [-0.2, -0.15) is 4.91 Å². The molecule has 0 bridgehead atoms. The normalized spacial score (nSPS) is 26.0. The maximum absolute atomic E-state index is 10.3. The lowest BCUT2D eigenvalue weighted by molar-refractivity contribution is 0.347. The van der Waals surface area contributed by atoms with Crippen LogP contribution in [0.15, 0.2) is 5.18 Å². The highest BCUT2D eigenvalue weighted by atomic mass is 35.5. The first-order valence-electron chi connectivity index (χ1n) is 4.20. The van der Waals surface area contributed by atoms with Gasteiger partial charge in [-0.15, -0.1) is 11.6 Å². The summed E-state index contributed by atoms with van der Waals surface area (Å²) in [6.07, 6.45) is 5.43. The molecule has 2 nitrogen and oxygen atoms in total. The van der Waals surface area contributed by atoms with Crippen molar-refractivity contribution in [1.29, 1.82) is 0 Å². The minimum absolute atomic E-state index is 0.232. The van der Waals surface area contributed by atoms with Crippen molar-refractivity contribution in [2.24, 2.45) is 5.18 Å². The van der Waals surface area contributed by atoms with Gasteiger partial charge in [0, 0.05) is 0 Å². The largest absolute Gasteiger partial charge is 0.150 e. The van der Waals surface area contributed by atoms with Crippen molar-refractivity contribution in [1.82, 2.24) is 0 Å². The molecule has 1 saturated carbocycles. The number of hydrogen-bond acceptors (Lipinski definition) is 2. The standard InChI is InChI=1S/C8H14ClNO/c1-7(10-11)8(9)5-3-2-4-6-8/h7H,2-6H2,1H3. The lowest BCUT2D eigenvalue weighted by Crippen LogP contribution is -2.35. The Morgan fingerprint density at radius 1 is 1.36 bits per heavy atom. The molecule has 0 aromatic rings. The van der Waals surface area contributed by atoms with Crippen LogP contribution in [0.1, 0.15) is 39.0 Å². The summed E-state index contributed by atoms with van der Waals surface area (Å²) in [6, 6.07) is -0.232. The lowest BCUT2D eigenvalue weighted by Gasteiger charge is -2.32. The maximum atomic E-state index is 10.3. The molecular formula is C8H14ClNO. The van der Waals surface area contributed by atoms with Crippen molar-refractivity contribution in [3.63, 3.8) is 0 Å². The van der Waals surface area contributed by atoms with Crippen LogP contribution in [0, 0.1) is 4.91 Å². The Morgan fingerprint density at radius 2 is 1.91 bits per heavy atom. The molecule has 0 N–H and O–H groups in total. The Kier molecular flexibility index (Phi) is 2.88. The van der Waals surface area contributed by atoms with E-state index in [1.165, 1.54) is 6.42 Å². The minimum Gasteiger partial charge on any atom is -0.150 e. The Balaban J connectivity index is 2.55. The van der Waals surface area contributed by atoms with Crippen molar-refractivity contribution in [2.45, 2.75) is 49.9 Å². The van der Waals surface area contributed by atoms with Crippen molar-refractivity contribution < 1.29 is 0 Å². The average Bonchev–Trinajstić information content (AvgIpc) is 2.04. The molecule has 0 aromatic carbocycles. The first-order valence-corrected chi connectivity index (χ1v) is 4.58. The fourth-order valence-electron chi connectivity index (χ4n) is 1.65. The lowest BCUT2D eigenvalue weighted by atomic mass is 9.84. The average molecular weight is 176 g/mol. The van der Waals surface area contributed by atoms with Gasteiger partial charge in [-0.25, -0.2) is 0 Å². The molecule has 1 fully saturated rings. The van der Waals surface area contributed by atoms with Crippen LogP contribution in [0.4, 0.5) is 0 Å². The van der Waals surface area contributed by atoms with Crippen LogP contribution in [0.25, 0.3) is 0 Å². The number of rotatable bonds is 2. The Hall–Kier alpha value is -0.110. The van der Waals surface area contributed by atoms with E-state index in [-0.39, 0.29) is 10.9 Å². The van der Waals surface area contributed by atoms with Crippen LogP contribution < -0.4 is 0 Å². The fourth-order valence-corrected chi connectivity index (χ4v) is 1.96. The second kappa shape index (κ2) is 3.53. The highest BCUT2D eigenvalue weighted by molar-refractivity contribution is 6.24. The summed E-state index contributed by atoms with van der Waals surface area (Å²) in [5.41, 5.74) is 0. The smallest absolute Gasteiger partial charge is 0.108 e. The highest BCUT2D eigenvalue weighted by Crippen LogP contribution is 2.37. The van der Waals surface area contributed by atoms with Gasteiger partial charge in [-0.1, -0.05) is 24.4 Å². The van der Waals surface area contributed by atoms with Gasteiger partial charge in [-0.05, 0) is 19.8 Å². The summed E-state index contributed by atoms with van der Waals surface area (Å²) in [6.45, 7) is 1.81. The number of alkyl halides is 1. The maximum Gasteiger partial charge on any atom is 0.108 e.